The van der Waals surface area contributed by atoms with Crippen molar-refractivity contribution in [3.63, 3.8) is 0 Å². The number of nitrogens with one attached hydrogen (secondary N) is 4. The molecule has 0 saturated heterocycles. The maximum Gasteiger partial charge on any atom is 0.326 e. The molecule has 16 heteroatoms. The molecule has 0 radical (unpaired) electrons. The highest BCUT2D eigenvalue weighted by molar-refractivity contribution is 7.10. The number of carboxylic acid groups (broad SMARTS) is 2. The minimum Gasteiger partial charge on any atom is -0.481 e. The Bertz CT molecular complexity index is 1320. The molecule has 0 spiro atoms. The number of nitrogens with two attached hydrogens (primary N) is 1. The van der Waals surface area contributed by atoms with Crippen LogP contribution >= 0.6 is 22.7 Å². The SMILES string of the molecule is CCC[C@H](NC(=O)[C@H](O)[C@@H](Cc1cccs1)NC(=O)[C@H](Cc1cccs1)NC(=O)[C@@H](NC(=O)[C@@H](N)CCC(=O)O)[C@@H](C)CC)C(=O)O. The number of aliphatic carboxylic acids is 2. The average Bonchev–Trinajstić information content (AvgIpc) is 3.75. The van der Waals surface area contributed by atoms with E-state index in [1.165, 1.54) is 22.7 Å². The van der Waals surface area contributed by atoms with Gasteiger partial charge in [0, 0.05) is 29.0 Å². The summed E-state index contributed by atoms with van der Waals surface area (Å²) in [5.41, 5.74) is 5.86. The lowest BCUT2D eigenvalue weighted by Crippen LogP contribution is -2.60. The first-order valence-corrected chi connectivity index (χ1v) is 17.2. The number of carbonyl (C=O) groups excluding carboxylic acids is 4. The molecule has 2 aromatic rings. The van der Waals surface area contributed by atoms with E-state index in [9.17, 15) is 39.0 Å². The van der Waals surface area contributed by atoms with E-state index < -0.39 is 77.8 Å². The van der Waals surface area contributed by atoms with Crippen molar-refractivity contribution in [2.45, 2.75) is 102 Å². The van der Waals surface area contributed by atoms with Gasteiger partial charge in [-0.3, -0.25) is 24.0 Å². The molecule has 0 aliphatic heterocycles. The van der Waals surface area contributed by atoms with Crippen LogP contribution < -0.4 is 27.0 Å². The molecular formula is C31H45N5O9S2. The standard InChI is InChI=1S/C31H45N5O9S2/c1-4-8-21(31(44)45)33-30(43)26(39)22(15-18-9-6-13-46-18)34-28(41)23(16-19-10-7-14-47-19)35-29(42)25(17(3)5-2)36-27(40)20(32)11-12-24(37)38/h6-7,9-10,13-14,17,20-23,25-26,39H,4-5,8,11-12,15-16,32H2,1-3H3,(H,33,43)(H,34,41)(H,35,42)(H,36,40)(H,37,38)(H,44,45)/t17-,20-,21-,22+,23-,25-,26+/m0/s1. The zero-order chi connectivity index (χ0) is 35.1. The quantitative estimate of drug-likeness (QED) is 0.0923. The Morgan fingerprint density at radius 3 is 1.89 bits per heavy atom. The van der Waals surface area contributed by atoms with Crippen molar-refractivity contribution < 1.29 is 44.1 Å². The Kier molecular flexibility index (Phi) is 16.5. The van der Waals surface area contributed by atoms with Gasteiger partial charge >= 0.3 is 11.9 Å². The summed E-state index contributed by atoms with van der Waals surface area (Å²) in [6.07, 6.45) is -1.09. The third-order valence-corrected chi connectivity index (χ3v) is 9.39. The molecule has 0 bridgehead atoms. The summed E-state index contributed by atoms with van der Waals surface area (Å²) in [6, 6.07) is 1.21. The van der Waals surface area contributed by atoms with Crippen LogP contribution in [0, 0.1) is 5.92 Å². The number of rotatable bonds is 21. The summed E-state index contributed by atoms with van der Waals surface area (Å²) in [6.45, 7) is 5.30. The van der Waals surface area contributed by atoms with Gasteiger partial charge in [0.1, 0.15) is 18.1 Å². The van der Waals surface area contributed by atoms with Gasteiger partial charge in [0.15, 0.2) is 6.10 Å². The van der Waals surface area contributed by atoms with Crippen LogP contribution in [0.25, 0.3) is 0 Å². The lowest BCUT2D eigenvalue weighted by molar-refractivity contribution is -0.144. The van der Waals surface area contributed by atoms with E-state index in [0.717, 1.165) is 9.75 Å². The smallest absolute Gasteiger partial charge is 0.326 e. The molecule has 2 rings (SSSR count). The number of thiophene rings is 2. The number of carboxylic acids is 2. The first-order chi connectivity index (χ1) is 22.3. The van der Waals surface area contributed by atoms with Gasteiger partial charge in [-0.15, -0.1) is 22.7 Å². The fraction of sp³-hybridized carbons (Fsp3) is 0.548. The van der Waals surface area contributed by atoms with Crippen LogP contribution in [0.2, 0.25) is 0 Å². The Hall–Kier alpha value is -3.86. The molecule has 0 aromatic carbocycles. The average molecular weight is 696 g/mol. The second-order valence-corrected chi connectivity index (χ2v) is 13.4. The van der Waals surface area contributed by atoms with Crippen molar-refractivity contribution in [2.75, 3.05) is 0 Å². The van der Waals surface area contributed by atoms with Gasteiger partial charge in [-0.25, -0.2) is 4.79 Å². The van der Waals surface area contributed by atoms with Crippen molar-refractivity contribution in [3.8, 4) is 0 Å². The fourth-order valence-electron chi connectivity index (χ4n) is 4.63. The first kappa shape index (κ1) is 39.3. The lowest BCUT2D eigenvalue weighted by Gasteiger charge is -2.29. The lowest BCUT2D eigenvalue weighted by atomic mass is 9.96. The Balaban J connectivity index is 2.32. The van der Waals surface area contributed by atoms with E-state index in [1.54, 1.807) is 48.9 Å². The van der Waals surface area contributed by atoms with Gasteiger partial charge in [-0.2, -0.15) is 0 Å². The van der Waals surface area contributed by atoms with Crippen LogP contribution in [-0.2, 0) is 41.6 Å². The molecule has 9 N–H and O–H groups in total. The Morgan fingerprint density at radius 1 is 0.787 bits per heavy atom. The molecule has 14 nitrogen and oxygen atoms in total. The zero-order valence-electron chi connectivity index (χ0n) is 26.6. The van der Waals surface area contributed by atoms with Crippen molar-refractivity contribution >= 4 is 58.2 Å². The van der Waals surface area contributed by atoms with Crippen LogP contribution in [-0.4, -0.2) is 87.2 Å². The second-order valence-electron chi connectivity index (χ2n) is 11.3. The van der Waals surface area contributed by atoms with Crippen LogP contribution in [0.1, 0.15) is 62.6 Å². The number of hydrogen-bond acceptors (Lipinski definition) is 10. The summed E-state index contributed by atoms with van der Waals surface area (Å²) in [4.78, 5) is 77.3. The van der Waals surface area contributed by atoms with Gasteiger partial charge in [0.05, 0.1) is 12.1 Å². The minimum absolute atomic E-state index is 0.0446. The van der Waals surface area contributed by atoms with E-state index in [0.29, 0.717) is 12.8 Å². The van der Waals surface area contributed by atoms with Crippen molar-refractivity contribution in [3.05, 3.63) is 44.8 Å². The van der Waals surface area contributed by atoms with E-state index in [-0.39, 0.29) is 32.1 Å². The van der Waals surface area contributed by atoms with E-state index in [4.69, 9.17) is 10.8 Å². The van der Waals surface area contributed by atoms with Crippen LogP contribution in [0.15, 0.2) is 35.0 Å². The highest BCUT2D eigenvalue weighted by atomic mass is 32.1. The molecule has 47 heavy (non-hydrogen) atoms. The number of hydrogen-bond donors (Lipinski definition) is 8. The van der Waals surface area contributed by atoms with Crippen molar-refractivity contribution in [1.82, 2.24) is 21.3 Å². The first-order valence-electron chi connectivity index (χ1n) is 15.4. The maximum absolute atomic E-state index is 13.8. The zero-order valence-corrected chi connectivity index (χ0v) is 28.3. The maximum atomic E-state index is 13.8. The summed E-state index contributed by atoms with van der Waals surface area (Å²) in [5, 5.41) is 43.4. The summed E-state index contributed by atoms with van der Waals surface area (Å²) in [5.74, 6) is -5.82. The van der Waals surface area contributed by atoms with Gasteiger partial charge in [0.2, 0.25) is 17.7 Å². The van der Waals surface area contributed by atoms with Crippen LogP contribution in [0.5, 0.6) is 0 Å². The summed E-state index contributed by atoms with van der Waals surface area (Å²) >= 11 is 2.69. The number of amides is 4. The topological polar surface area (TPSA) is 237 Å². The second kappa shape index (κ2) is 19.7. The highest BCUT2D eigenvalue weighted by Crippen LogP contribution is 2.16. The molecule has 0 saturated carbocycles. The van der Waals surface area contributed by atoms with Gasteiger partial charge in [-0.05, 0) is 41.7 Å². The van der Waals surface area contributed by atoms with Crippen molar-refractivity contribution in [1.29, 1.82) is 0 Å². The number of aliphatic hydroxyl groups excluding tert-OH is 1. The molecule has 0 unspecified atom stereocenters. The predicted molar refractivity (Wildman–Crippen MR) is 177 cm³/mol. The van der Waals surface area contributed by atoms with Gasteiger partial charge in [0.25, 0.3) is 5.91 Å². The molecule has 0 aliphatic carbocycles. The molecule has 2 heterocycles. The van der Waals surface area contributed by atoms with Crippen molar-refractivity contribution in [2.24, 2.45) is 11.7 Å². The molecule has 4 amide bonds. The monoisotopic (exact) mass is 695 g/mol. The number of carbonyl (C=O) groups is 6. The van der Waals surface area contributed by atoms with Gasteiger partial charge < -0.3 is 42.3 Å². The van der Waals surface area contributed by atoms with E-state index in [1.807, 2.05) is 6.92 Å². The third kappa shape index (κ3) is 13.0. The predicted octanol–water partition coefficient (Wildman–Crippen LogP) is 1.02. The van der Waals surface area contributed by atoms with Gasteiger partial charge in [-0.1, -0.05) is 45.7 Å². The molecular weight excluding hydrogens is 651 g/mol. The van der Waals surface area contributed by atoms with E-state index in [2.05, 4.69) is 21.3 Å². The normalized spacial score (nSPS) is 15.6. The highest BCUT2D eigenvalue weighted by Gasteiger charge is 2.35. The molecule has 7 atom stereocenters. The molecule has 0 fully saturated rings. The largest absolute Gasteiger partial charge is 0.481 e. The summed E-state index contributed by atoms with van der Waals surface area (Å²) in [7, 11) is 0. The minimum atomic E-state index is -1.82. The Labute approximate surface area is 281 Å². The summed E-state index contributed by atoms with van der Waals surface area (Å²) < 4.78 is 0. The third-order valence-electron chi connectivity index (χ3n) is 7.59. The fourth-order valence-corrected chi connectivity index (χ4v) is 6.15. The van der Waals surface area contributed by atoms with E-state index >= 15 is 0 Å². The van der Waals surface area contributed by atoms with Crippen LogP contribution in [0.3, 0.4) is 0 Å². The Morgan fingerprint density at radius 2 is 1.38 bits per heavy atom. The molecule has 260 valence electrons. The van der Waals surface area contributed by atoms with Crippen LogP contribution in [0.4, 0.5) is 0 Å². The molecule has 2 aromatic heterocycles. The molecule has 0 aliphatic rings. The number of aliphatic hydroxyl groups is 1.